The zero-order valence-electron chi connectivity index (χ0n) is 16.2. The van der Waals surface area contributed by atoms with Crippen molar-refractivity contribution in [3.05, 3.63) is 41.0 Å². The van der Waals surface area contributed by atoms with Crippen LogP contribution in [-0.2, 0) is 4.79 Å². The molecule has 8 nitrogen and oxygen atoms in total. The van der Waals surface area contributed by atoms with E-state index >= 15 is 0 Å². The molecular formula is C20H23ClN4O4. The second-order valence-electron chi connectivity index (χ2n) is 7.41. The number of pyridine rings is 1. The molecule has 0 bridgehead atoms. The number of aromatic nitrogens is 1. The van der Waals surface area contributed by atoms with Crippen molar-refractivity contribution in [3.63, 3.8) is 0 Å². The molecule has 0 unspecified atom stereocenters. The summed E-state index contributed by atoms with van der Waals surface area (Å²) in [5.41, 5.74) is 0.878. The maximum atomic E-state index is 12.7. The van der Waals surface area contributed by atoms with Crippen LogP contribution in [0.1, 0.15) is 29.8 Å². The number of halogens is 1. The first-order valence-corrected chi connectivity index (χ1v) is 9.70. The summed E-state index contributed by atoms with van der Waals surface area (Å²) in [5, 5.41) is 15.9. The Hall–Kier alpha value is -2.87. The van der Waals surface area contributed by atoms with Gasteiger partial charge in [-0.25, -0.2) is 9.78 Å². The third kappa shape index (κ3) is 4.95. The Morgan fingerprint density at radius 1 is 1.10 bits per heavy atom. The molecule has 3 atom stereocenters. The second kappa shape index (κ2) is 8.65. The average molecular weight is 419 g/mol. The van der Waals surface area contributed by atoms with E-state index in [1.165, 1.54) is 4.90 Å². The highest BCUT2D eigenvalue weighted by Crippen LogP contribution is 2.27. The molecule has 0 radical (unpaired) electrons. The van der Waals surface area contributed by atoms with E-state index in [1.807, 2.05) is 0 Å². The van der Waals surface area contributed by atoms with Gasteiger partial charge in [0.25, 0.3) is 5.91 Å². The van der Waals surface area contributed by atoms with E-state index < -0.39 is 18.2 Å². The number of amides is 3. The van der Waals surface area contributed by atoms with Crippen molar-refractivity contribution in [1.82, 2.24) is 20.5 Å². The van der Waals surface area contributed by atoms with Crippen LogP contribution in [0.15, 0.2) is 30.3 Å². The van der Waals surface area contributed by atoms with Crippen molar-refractivity contribution >= 4 is 40.4 Å². The zero-order valence-corrected chi connectivity index (χ0v) is 16.9. The molecule has 1 saturated carbocycles. The number of carbonyl (C=O) groups excluding carboxylic acids is 2. The first kappa shape index (κ1) is 20.9. The van der Waals surface area contributed by atoms with Crippen LogP contribution in [0.2, 0.25) is 5.02 Å². The zero-order chi connectivity index (χ0) is 21.1. The summed E-state index contributed by atoms with van der Waals surface area (Å²) in [4.78, 5) is 42.1. The first-order valence-electron chi connectivity index (χ1n) is 9.32. The number of rotatable bonds is 4. The van der Waals surface area contributed by atoms with Gasteiger partial charge in [0.2, 0.25) is 5.91 Å². The van der Waals surface area contributed by atoms with Gasteiger partial charge in [-0.15, -0.1) is 0 Å². The molecule has 1 aromatic heterocycles. The molecule has 0 aliphatic heterocycles. The lowest BCUT2D eigenvalue weighted by atomic mass is 9.81. The van der Waals surface area contributed by atoms with Gasteiger partial charge in [0.05, 0.1) is 11.6 Å². The van der Waals surface area contributed by atoms with Gasteiger partial charge in [-0.3, -0.25) is 9.59 Å². The van der Waals surface area contributed by atoms with Gasteiger partial charge in [0.15, 0.2) is 0 Å². The Balaban J connectivity index is 1.74. The fraction of sp³-hybridized carbons (Fsp3) is 0.400. The lowest BCUT2D eigenvalue weighted by Gasteiger charge is -2.36. The van der Waals surface area contributed by atoms with Gasteiger partial charge in [0.1, 0.15) is 5.69 Å². The largest absolute Gasteiger partial charge is 0.465 e. The predicted octanol–water partition coefficient (Wildman–Crippen LogP) is 2.51. The Kier molecular flexibility index (Phi) is 6.22. The third-order valence-corrected chi connectivity index (χ3v) is 5.38. The van der Waals surface area contributed by atoms with Crippen LogP contribution >= 0.6 is 11.6 Å². The number of hydrogen-bond donors (Lipinski definition) is 3. The van der Waals surface area contributed by atoms with Gasteiger partial charge in [-0.1, -0.05) is 17.7 Å². The monoisotopic (exact) mass is 418 g/mol. The van der Waals surface area contributed by atoms with E-state index in [0.717, 1.165) is 5.39 Å². The van der Waals surface area contributed by atoms with Crippen LogP contribution in [-0.4, -0.2) is 59.1 Å². The van der Waals surface area contributed by atoms with Crippen molar-refractivity contribution in [1.29, 1.82) is 0 Å². The van der Waals surface area contributed by atoms with Crippen LogP contribution in [0.3, 0.4) is 0 Å². The lowest BCUT2D eigenvalue weighted by molar-refractivity contribution is -0.134. The molecular weight excluding hydrogens is 396 g/mol. The summed E-state index contributed by atoms with van der Waals surface area (Å²) < 4.78 is 0. The van der Waals surface area contributed by atoms with Gasteiger partial charge in [-0.05, 0) is 43.5 Å². The highest BCUT2D eigenvalue weighted by atomic mass is 35.5. The molecule has 2 aromatic rings. The van der Waals surface area contributed by atoms with Crippen LogP contribution in [0, 0.1) is 5.92 Å². The molecule has 1 aliphatic rings. The Bertz CT molecular complexity index is 949. The molecule has 0 saturated heterocycles. The summed E-state index contributed by atoms with van der Waals surface area (Å²) in [6.45, 7) is 0. The number of hydrogen-bond acceptors (Lipinski definition) is 4. The molecule has 1 aromatic carbocycles. The van der Waals surface area contributed by atoms with E-state index in [0.29, 0.717) is 29.8 Å². The molecule has 0 spiro atoms. The highest BCUT2D eigenvalue weighted by molar-refractivity contribution is 6.31. The summed E-state index contributed by atoms with van der Waals surface area (Å²) in [5.74, 6) is -0.707. The van der Waals surface area contributed by atoms with E-state index in [4.69, 9.17) is 16.7 Å². The molecule has 3 N–H and O–H groups in total. The molecule has 29 heavy (non-hydrogen) atoms. The lowest BCUT2D eigenvalue weighted by Crippen LogP contribution is -2.55. The van der Waals surface area contributed by atoms with Crippen molar-refractivity contribution in [2.24, 2.45) is 5.92 Å². The highest BCUT2D eigenvalue weighted by Gasteiger charge is 2.36. The number of nitrogens with zero attached hydrogens (tertiary/aromatic N) is 2. The van der Waals surface area contributed by atoms with E-state index in [9.17, 15) is 14.4 Å². The number of benzene rings is 1. The van der Waals surface area contributed by atoms with Gasteiger partial charge >= 0.3 is 6.09 Å². The Labute approximate surface area is 173 Å². The van der Waals surface area contributed by atoms with E-state index in [1.54, 1.807) is 44.4 Å². The number of carbonyl (C=O) groups is 3. The smallest absolute Gasteiger partial charge is 0.404 e. The predicted molar refractivity (Wildman–Crippen MR) is 109 cm³/mol. The second-order valence-corrected chi connectivity index (χ2v) is 7.85. The van der Waals surface area contributed by atoms with Crippen LogP contribution < -0.4 is 10.6 Å². The van der Waals surface area contributed by atoms with Crippen molar-refractivity contribution in [2.75, 3.05) is 14.1 Å². The summed E-state index contributed by atoms with van der Waals surface area (Å²) >= 11 is 5.97. The summed E-state index contributed by atoms with van der Waals surface area (Å²) in [7, 11) is 3.35. The van der Waals surface area contributed by atoms with Gasteiger partial charge in [-0.2, -0.15) is 0 Å². The van der Waals surface area contributed by atoms with Crippen LogP contribution in [0.5, 0.6) is 0 Å². The van der Waals surface area contributed by atoms with Gasteiger partial charge in [0, 0.05) is 36.5 Å². The quantitative estimate of drug-likeness (QED) is 0.706. The molecule has 1 fully saturated rings. The maximum Gasteiger partial charge on any atom is 0.404 e. The standard InChI is InChI=1S/C20H23ClN4O4/c1-25(2)19(27)12-4-6-15(17(10-12)24-20(28)29)23-18(26)16-7-3-11-9-13(21)5-8-14(11)22-16/h3,5,7-9,12,15,17,24H,4,6,10H2,1-2H3,(H,23,26)(H,28,29)/t12-,15-,17+/m0/s1. The van der Waals surface area contributed by atoms with Crippen LogP contribution in [0.25, 0.3) is 10.9 Å². The third-order valence-electron chi connectivity index (χ3n) is 5.15. The SMILES string of the molecule is CN(C)C(=O)[C@H]1CC[C@H](NC(=O)c2ccc3cc(Cl)ccc3n2)[C@H](NC(=O)O)C1. The van der Waals surface area contributed by atoms with Crippen molar-refractivity contribution in [3.8, 4) is 0 Å². The number of carboxylic acid groups (broad SMARTS) is 1. The summed E-state index contributed by atoms with van der Waals surface area (Å²) in [6.07, 6.45) is 0.207. The van der Waals surface area contributed by atoms with Crippen LogP contribution in [0.4, 0.5) is 4.79 Å². The Morgan fingerprint density at radius 2 is 1.86 bits per heavy atom. The number of fused-ring (bicyclic) bond motifs is 1. The van der Waals surface area contributed by atoms with E-state index in [2.05, 4.69) is 15.6 Å². The topological polar surface area (TPSA) is 112 Å². The minimum absolute atomic E-state index is 0.0400. The minimum Gasteiger partial charge on any atom is -0.465 e. The fourth-order valence-corrected chi connectivity index (χ4v) is 3.90. The van der Waals surface area contributed by atoms with Crippen molar-refractivity contribution in [2.45, 2.75) is 31.3 Å². The molecule has 1 heterocycles. The maximum absolute atomic E-state index is 12.7. The molecule has 9 heteroatoms. The average Bonchev–Trinajstić information content (AvgIpc) is 2.67. The Morgan fingerprint density at radius 3 is 2.55 bits per heavy atom. The molecule has 3 amide bonds. The molecule has 154 valence electrons. The van der Waals surface area contributed by atoms with Crippen molar-refractivity contribution < 1.29 is 19.5 Å². The first-order chi connectivity index (χ1) is 13.7. The molecule has 1 aliphatic carbocycles. The van der Waals surface area contributed by atoms with E-state index in [-0.39, 0.29) is 23.4 Å². The normalized spacial score (nSPS) is 21.4. The summed E-state index contributed by atoms with van der Waals surface area (Å²) in [6, 6.07) is 7.60. The molecule has 3 rings (SSSR count). The fourth-order valence-electron chi connectivity index (χ4n) is 3.72. The number of nitrogens with one attached hydrogen (secondary N) is 2. The van der Waals surface area contributed by atoms with Gasteiger partial charge < -0.3 is 20.6 Å². The minimum atomic E-state index is -1.19.